The standard InChI is InChI=1S/C14H25N3O2S/c1-4-17(5-2)13-9-7-8-12(10-13)14(11-15)16-20(18,19)6-3/h7-10,14,16H,4-6,11,15H2,1-3H3. The molecule has 0 aliphatic heterocycles. The Bertz CT molecular complexity index is 513. The van der Waals surface area contributed by atoms with Crippen molar-refractivity contribution in [3.05, 3.63) is 29.8 Å². The second kappa shape index (κ2) is 7.61. The van der Waals surface area contributed by atoms with E-state index >= 15 is 0 Å². The van der Waals surface area contributed by atoms with E-state index in [-0.39, 0.29) is 18.3 Å². The molecule has 0 radical (unpaired) electrons. The number of hydrogen-bond acceptors (Lipinski definition) is 4. The highest BCUT2D eigenvalue weighted by molar-refractivity contribution is 7.89. The summed E-state index contributed by atoms with van der Waals surface area (Å²) in [5.74, 6) is 0.0548. The molecule has 20 heavy (non-hydrogen) atoms. The van der Waals surface area contributed by atoms with Crippen molar-refractivity contribution in [2.45, 2.75) is 26.8 Å². The fraction of sp³-hybridized carbons (Fsp3) is 0.571. The third kappa shape index (κ3) is 4.47. The fourth-order valence-electron chi connectivity index (χ4n) is 2.08. The van der Waals surface area contributed by atoms with Crippen LogP contribution in [-0.4, -0.2) is 33.8 Å². The van der Waals surface area contributed by atoms with E-state index < -0.39 is 10.0 Å². The number of nitrogens with zero attached hydrogens (tertiary/aromatic N) is 1. The molecule has 0 saturated heterocycles. The van der Waals surface area contributed by atoms with Crippen LogP contribution in [0.2, 0.25) is 0 Å². The predicted octanol–water partition coefficient (Wildman–Crippen LogP) is 1.47. The molecule has 1 rings (SSSR count). The summed E-state index contributed by atoms with van der Waals surface area (Å²) < 4.78 is 26.0. The van der Waals surface area contributed by atoms with Crippen molar-refractivity contribution in [2.75, 3.05) is 30.3 Å². The second-order valence-corrected chi connectivity index (χ2v) is 6.62. The van der Waals surface area contributed by atoms with Crippen molar-refractivity contribution in [3.63, 3.8) is 0 Å². The summed E-state index contributed by atoms with van der Waals surface area (Å²) in [7, 11) is -3.27. The molecule has 0 saturated carbocycles. The molecule has 114 valence electrons. The molecule has 5 nitrogen and oxygen atoms in total. The lowest BCUT2D eigenvalue weighted by Crippen LogP contribution is -2.34. The summed E-state index contributed by atoms with van der Waals surface area (Å²) in [6.45, 7) is 7.86. The third-order valence-electron chi connectivity index (χ3n) is 3.34. The summed E-state index contributed by atoms with van der Waals surface area (Å²) in [5.41, 5.74) is 7.70. The van der Waals surface area contributed by atoms with Gasteiger partial charge in [0, 0.05) is 25.3 Å². The van der Waals surface area contributed by atoms with Gasteiger partial charge >= 0.3 is 0 Å². The van der Waals surface area contributed by atoms with Crippen molar-refractivity contribution in [2.24, 2.45) is 5.73 Å². The van der Waals surface area contributed by atoms with Gasteiger partial charge in [0.1, 0.15) is 0 Å². The van der Waals surface area contributed by atoms with Gasteiger partial charge in [-0.3, -0.25) is 0 Å². The van der Waals surface area contributed by atoms with Crippen molar-refractivity contribution < 1.29 is 8.42 Å². The molecule has 6 heteroatoms. The second-order valence-electron chi connectivity index (χ2n) is 4.58. The molecule has 0 aromatic heterocycles. The predicted molar refractivity (Wildman–Crippen MR) is 84.4 cm³/mol. The summed E-state index contributed by atoms with van der Waals surface area (Å²) in [4.78, 5) is 2.21. The average Bonchev–Trinajstić information content (AvgIpc) is 2.46. The quantitative estimate of drug-likeness (QED) is 0.762. The monoisotopic (exact) mass is 299 g/mol. The van der Waals surface area contributed by atoms with Gasteiger partial charge in [-0.05, 0) is 38.5 Å². The molecule has 0 fully saturated rings. The number of anilines is 1. The molecule has 0 heterocycles. The van der Waals surface area contributed by atoms with Crippen molar-refractivity contribution >= 4 is 15.7 Å². The van der Waals surface area contributed by atoms with Gasteiger partial charge in [-0.1, -0.05) is 12.1 Å². The number of sulfonamides is 1. The summed E-state index contributed by atoms with van der Waals surface area (Å²) >= 11 is 0. The minimum absolute atomic E-state index is 0.0548. The van der Waals surface area contributed by atoms with Gasteiger partial charge in [0.25, 0.3) is 0 Å². The van der Waals surface area contributed by atoms with E-state index in [1.807, 2.05) is 24.3 Å². The van der Waals surface area contributed by atoms with Crippen LogP contribution >= 0.6 is 0 Å². The Morgan fingerprint density at radius 3 is 2.40 bits per heavy atom. The van der Waals surface area contributed by atoms with E-state index in [1.165, 1.54) is 0 Å². The number of nitrogens with two attached hydrogens (primary N) is 1. The Morgan fingerprint density at radius 1 is 1.25 bits per heavy atom. The first kappa shape index (κ1) is 16.9. The first-order chi connectivity index (χ1) is 9.47. The van der Waals surface area contributed by atoms with Gasteiger partial charge in [0.05, 0.1) is 11.8 Å². The van der Waals surface area contributed by atoms with Crippen LogP contribution in [0.25, 0.3) is 0 Å². The van der Waals surface area contributed by atoms with Crippen molar-refractivity contribution in [3.8, 4) is 0 Å². The molecule has 1 aromatic rings. The smallest absolute Gasteiger partial charge is 0.211 e. The van der Waals surface area contributed by atoms with Crippen LogP contribution in [0.4, 0.5) is 5.69 Å². The summed E-state index contributed by atoms with van der Waals surface area (Å²) in [6.07, 6.45) is 0. The van der Waals surface area contributed by atoms with E-state index in [1.54, 1.807) is 6.92 Å². The highest BCUT2D eigenvalue weighted by Crippen LogP contribution is 2.21. The Hall–Kier alpha value is -1.11. The van der Waals surface area contributed by atoms with Crippen LogP contribution in [0, 0.1) is 0 Å². The highest BCUT2D eigenvalue weighted by atomic mass is 32.2. The molecule has 1 atom stereocenters. The Labute approximate surface area is 122 Å². The van der Waals surface area contributed by atoms with Gasteiger partial charge in [0.15, 0.2) is 0 Å². The third-order valence-corrected chi connectivity index (χ3v) is 4.74. The molecule has 0 spiro atoms. The SMILES string of the molecule is CCN(CC)c1cccc(C(CN)NS(=O)(=O)CC)c1. The lowest BCUT2D eigenvalue weighted by Gasteiger charge is -2.23. The van der Waals surface area contributed by atoms with Crippen LogP contribution in [0.5, 0.6) is 0 Å². The van der Waals surface area contributed by atoms with Crippen LogP contribution in [0.15, 0.2) is 24.3 Å². The maximum atomic E-state index is 11.7. The van der Waals surface area contributed by atoms with E-state index in [4.69, 9.17) is 5.73 Å². The topological polar surface area (TPSA) is 75.4 Å². The zero-order chi connectivity index (χ0) is 15.2. The number of rotatable bonds is 8. The zero-order valence-electron chi connectivity index (χ0n) is 12.5. The van der Waals surface area contributed by atoms with Crippen LogP contribution in [0.3, 0.4) is 0 Å². The van der Waals surface area contributed by atoms with E-state index in [2.05, 4.69) is 23.5 Å². The lowest BCUT2D eigenvalue weighted by molar-refractivity contribution is 0.559. The zero-order valence-corrected chi connectivity index (χ0v) is 13.3. The summed E-state index contributed by atoms with van der Waals surface area (Å²) in [5, 5.41) is 0. The van der Waals surface area contributed by atoms with E-state index in [0.29, 0.717) is 0 Å². The van der Waals surface area contributed by atoms with Gasteiger partial charge < -0.3 is 10.6 Å². The molecule has 0 aliphatic rings. The molecule has 0 aliphatic carbocycles. The average molecular weight is 299 g/mol. The lowest BCUT2D eigenvalue weighted by atomic mass is 10.1. The van der Waals surface area contributed by atoms with E-state index in [9.17, 15) is 8.42 Å². The van der Waals surface area contributed by atoms with Crippen molar-refractivity contribution in [1.82, 2.24) is 4.72 Å². The Kier molecular flexibility index (Phi) is 6.45. The molecule has 3 N–H and O–H groups in total. The molecule has 1 aromatic carbocycles. The number of benzene rings is 1. The summed E-state index contributed by atoms with van der Waals surface area (Å²) in [6, 6.07) is 7.49. The maximum Gasteiger partial charge on any atom is 0.211 e. The number of hydrogen-bond donors (Lipinski definition) is 2. The fourth-order valence-corrected chi connectivity index (χ4v) is 2.91. The van der Waals surface area contributed by atoms with Crippen LogP contribution < -0.4 is 15.4 Å². The molecular formula is C14H25N3O2S. The Balaban J connectivity index is 3.02. The maximum absolute atomic E-state index is 11.7. The largest absolute Gasteiger partial charge is 0.372 e. The van der Waals surface area contributed by atoms with Crippen LogP contribution in [0.1, 0.15) is 32.4 Å². The van der Waals surface area contributed by atoms with Gasteiger partial charge in [0.2, 0.25) is 10.0 Å². The number of nitrogens with one attached hydrogen (secondary N) is 1. The van der Waals surface area contributed by atoms with Gasteiger partial charge in [-0.15, -0.1) is 0 Å². The first-order valence-corrected chi connectivity index (χ1v) is 8.67. The van der Waals surface area contributed by atoms with Crippen LogP contribution in [-0.2, 0) is 10.0 Å². The van der Waals surface area contributed by atoms with E-state index in [0.717, 1.165) is 24.3 Å². The molecule has 0 bridgehead atoms. The molecular weight excluding hydrogens is 274 g/mol. The highest BCUT2D eigenvalue weighted by Gasteiger charge is 2.17. The normalized spacial score (nSPS) is 13.2. The molecule has 0 amide bonds. The van der Waals surface area contributed by atoms with Gasteiger partial charge in [-0.25, -0.2) is 13.1 Å². The molecule has 1 unspecified atom stereocenters. The minimum Gasteiger partial charge on any atom is -0.372 e. The Morgan fingerprint density at radius 2 is 1.90 bits per heavy atom. The van der Waals surface area contributed by atoms with Crippen molar-refractivity contribution in [1.29, 1.82) is 0 Å². The first-order valence-electron chi connectivity index (χ1n) is 7.02. The minimum atomic E-state index is -3.27. The van der Waals surface area contributed by atoms with Gasteiger partial charge in [-0.2, -0.15) is 0 Å².